The SMILES string of the molecule is O[C@@H]1CC[C@@H]2CC[C@@H]21. The molecule has 46 valence electrons. The van der Waals surface area contributed by atoms with Gasteiger partial charge in [0.2, 0.25) is 0 Å². The van der Waals surface area contributed by atoms with Crippen LogP contribution >= 0.6 is 0 Å². The van der Waals surface area contributed by atoms with Crippen molar-refractivity contribution >= 4 is 0 Å². The van der Waals surface area contributed by atoms with E-state index in [0.717, 1.165) is 18.3 Å². The molecule has 0 aromatic heterocycles. The van der Waals surface area contributed by atoms with E-state index in [1.165, 1.54) is 19.3 Å². The molecule has 0 radical (unpaired) electrons. The first-order chi connectivity index (χ1) is 3.88. The van der Waals surface area contributed by atoms with E-state index in [1.807, 2.05) is 0 Å². The zero-order valence-corrected chi connectivity index (χ0v) is 5.01. The van der Waals surface area contributed by atoms with E-state index in [2.05, 4.69) is 0 Å². The molecule has 8 heavy (non-hydrogen) atoms. The third-order valence-electron chi connectivity index (χ3n) is 2.80. The van der Waals surface area contributed by atoms with Crippen molar-refractivity contribution in [2.24, 2.45) is 11.8 Å². The van der Waals surface area contributed by atoms with E-state index < -0.39 is 0 Å². The first kappa shape index (κ1) is 4.80. The average Bonchev–Trinajstić information content (AvgIpc) is 1.80. The highest BCUT2D eigenvalue weighted by Gasteiger charge is 2.40. The van der Waals surface area contributed by atoms with Gasteiger partial charge in [-0.2, -0.15) is 0 Å². The van der Waals surface area contributed by atoms with Gasteiger partial charge in [-0.05, 0) is 37.5 Å². The summed E-state index contributed by atoms with van der Waals surface area (Å²) < 4.78 is 0. The van der Waals surface area contributed by atoms with E-state index in [4.69, 9.17) is 0 Å². The van der Waals surface area contributed by atoms with Crippen LogP contribution in [0, 0.1) is 11.8 Å². The number of fused-ring (bicyclic) bond motifs is 1. The van der Waals surface area contributed by atoms with Crippen LogP contribution in [0.1, 0.15) is 25.7 Å². The van der Waals surface area contributed by atoms with Crippen molar-refractivity contribution in [1.29, 1.82) is 0 Å². The molecular weight excluding hydrogens is 100 g/mol. The molecule has 0 saturated heterocycles. The van der Waals surface area contributed by atoms with Gasteiger partial charge in [0.15, 0.2) is 0 Å². The minimum Gasteiger partial charge on any atom is -0.393 e. The van der Waals surface area contributed by atoms with Crippen LogP contribution in [0.5, 0.6) is 0 Å². The lowest BCUT2D eigenvalue weighted by Gasteiger charge is -2.31. The minimum absolute atomic E-state index is 0.0775. The minimum atomic E-state index is 0.0775. The van der Waals surface area contributed by atoms with Crippen molar-refractivity contribution in [3.05, 3.63) is 0 Å². The van der Waals surface area contributed by atoms with E-state index in [0.29, 0.717) is 0 Å². The number of aliphatic hydroxyl groups is 1. The molecule has 1 N–H and O–H groups in total. The molecule has 0 spiro atoms. The van der Waals surface area contributed by atoms with Crippen molar-refractivity contribution in [3.63, 3.8) is 0 Å². The van der Waals surface area contributed by atoms with Crippen LogP contribution in [0.4, 0.5) is 0 Å². The second-order valence-electron chi connectivity index (χ2n) is 3.15. The van der Waals surface area contributed by atoms with Gasteiger partial charge in [-0.3, -0.25) is 0 Å². The van der Waals surface area contributed by atoms with E-state index >= 15 is 0 Å². The number of aliphatic hydroxyl groups excluding tert-OH is 1. The summed E-state index contributed by atoms with van der Waals surface area (Å²) in [5, 5.41) is 9.22. The Labute approximate surface area is 49.7 Å². The fourth-order valence-corrected chi connectivity index (χ4v) is 2.06. The summed E-state index contributed by atoms with van der Waals surface area (Å²) in [7, 11) is 0. The van der Waals surface area contributed by atoms with Crippen molar-refractivity contribution in [2.45, 2.75) is 31.8 Å². The molecule has 0 amide bonds. The number of rotatable bonds is 0. The van der Waals surface area contributed by atoms with Crippen molar-refractivity contribution in [3.8, 4) is 0 Å². The summed E-state index contributed by atoms with van der Waals surface area (Å²) in [5.41, 5.74) is 0. The summed E-state index contributed by atoms with van der Waals surface area (Å²) in [4.78, 5) is 0. The molecule has 0 unspecified atom stereocenters. The normalized spacial score (nSPS) is 52.9. The topological polar surface area (TPSA) is 20.2 Å². The second-order valence-corrected chi connectivity index (χ2v) is 3.15. The third-order valence-corrected chi connectivity index (χ3v) is 2.80. The maximum atomic E-state index is 9.22. The fraction of sp³-hybridized carbons (Fsp3) is 1.00. The highest BCUT2D eigenvalue weighted by molar-refractivity contribution is 4.91. The first-order valence-electron chi connectivity index (χ1n) is 3.56. The van der Waals surface area contributed by atoms with Crippen LogP contribution in [-0.2, 0) is 0 Å². The summed E-state index contributed by atoms with van der Waals surface area (Å²) in [6, 6.07) is 0. The van der Waals surface area contributed by atoms with Crippen LogP contribution in [-0.4, -0.2) is 11.2 Å². The van der Waals surface area contributed by atoms with Gasteiger partial charge in [-0.1, -0.05) is 0 Å². The van der Waals surface area contributed by atoms with Crippen LogP contribution in [0.2, 0.25) is 0 Å². The zero-order chi connectivity index (χ0) is 5.56. The van der Waals surface area contributed by atoms with Gasteiger partial charge in [-0.25, -0.2) is 0 Å². The summed E-state index contributed by atoms with van der Waals surface area (Å²) in [5.74, 6) is 1.64. The molecule has 0 aliphatic heterocycles. The number of hydrogen-bond acceptors (Lipinski definition) is 1. The van der Waals surface area contributed by atoms with Crippen LogP contribution < -0.4 is 0 Å². The van der Waals surface area contributed by atoms with Gasteiger partial charge >= 0.3 is 0 Å². The molecule has 2 aliphatic rings. The molecule has 1 nitrogen and oxygen atoms in total. The molecule has 2 aliphatic carbocycles. The Morgan fingerprint density at radius 1 is 1.00 bits per heavy atom. The lowest BCUT2D eigenvalue weighted by Crippen LogP contribution is -2.27. The monoisotopic (exact) mass is 112 g/mol. The van der Waals surface area contributed by atoms with Gasteiger partial charge in [0.1, 0.15) is 0 Å². The molecule has 3 atom stereocenters. The Morgan fingerprint density at radius 2 is 1.75 bits per heavy atom. The Morgan fingerprint density at radius 3 is 2.00 bits per heavy atom. The van der Waals surface area contributed by atoms with Crippen molar-refractivity contribution < 1.29 is 5.11 Å². The van der Waals surface area contributed by atoms with Crippen LogP contribution in [0.25, 0.3) is 0 Å². The van der Waals surface area contributed by atoms with Crippen molar-refractivity contribution in [2.75, 3.05) is 0 Å². The highest BCUT2D eigenvalue weighted by Crippen LogP contribution is 2.46. The molecule has 0 aromatic carbocycles. The third kappa shape index (κ3) is 0.455. The molecule has 2 fully saturated rings. The summed E-state index contributed by atoms with van der Waals surface area (Å²) in [6.45, 7) is 0. The standard InChI is InChI=1S/C7H12O/c8-7-4-2-5-1-3-6(5)7/h5-8H,1-4H2/t5-,6-,7+/m0/s1. The number of hydrogen-bond donors (Lipinski definition) is 1. The first-order valence-corrected chi connectivity index (χ1v) is 3.56. The van der Waals surface area contributed by atoms with Gasteiger partial charge in [-0.15, -0.1) is 0 Å². The lowest BCUT2D eigenvalue weighted by molar-refractivity contribution is 0.0673. The zero-order valence-electron chi connectivity index (χ0n) is 5.01. The quantitative estimate of drug-likeness (QED) is 0.498. The second kappa shape index (κ2) is 1.47. The Kier molecular flexibility index (Phi) is 0.884. The van der Waals surface area contributed by atoms with Gasteiger partial charge < -0.3 is 5.11 Å². The van der Waals surface area contributed by atoms with E-state index in [1.54, 1.807) is 0 Å². The maximum absolute atomic E-state index is 9.22. The molecular formula is C7H12O. The molecule has 2 saturated carbocycles. The van der Waals surface area contributed by atoms with Gasteiger partial charge in [0.25, 0.3) is 0 Å². The van der Waals surface area contributed by atoms with Gasteiger partial charge in [0, 0.05) is 0 Å². The van der Waals surface area contributed by atoms with Crippen LogP contribution in [0.15, 0.2) is 0 Å². The van der Waals surface area contributed by atoms with Gasteiger partial charge in [0.05, 0.1) is 6.10 Å². The average molecular weight is 112 g/mol. The van der Waals surface area contributed by atoms with Crippen molar-refractivity contribution in [1.82, 2.24) is 0 Å². The smallest absolute Gasteiger partial charge is 0.0571 e. The predicted octanol–water partition coefficient (Wildman–Crippen LogP) is 1.17. The molecule has 2 rings (SSSR count). The maximum Gasteiger partial charge on any atom is 0.0571 e. The largest absolute Gasteiger partial charge is 0.393 e. The Hall–Kier alpha value is -0.0400. The summed E-state index contributed by atoms with van der Waals surface area (Å²) in [6.07, 6.45) is 5.14. The molecule has 0 heterocycles. The summed E-state index contributed by atoms with van der Waals surface area (Å²) >= 11 is 0. The molecule has 0 bridgehead atoms. The van der Waals surface area contributed by atoms with E-state index in [-0.39, 0.29) is 6.10 Å². The van der Waals surface area contributed by atoms with E-state index in [9.17, 15) is 5.11 Å². The highest BCUT2D eigenvalue weighted by atomic mass is 16.3. The Balaban J connectivity index is 2.05. The fourth-order valence-electron chi connectivity index (χ4n) is 2.06. The lowest BCUT2D eigenvalue weighted by atomic mass is 9.76. The Bertz CT molecular complexity index is 94.6. The predicted molar refractivity (Wildman–Crippen MR) is 31.5 cm³/mol. The molecule has 0 aromatic rings. The molecule has 1 heteroatoms. The van der Waals surface area contributed by atoms with Crippen LogP contribution in [0.3, 0.4) is 0 Å².